The van der Waals surface area contributed by atoms with Crippen molar-refractivity contribution in [2.45, 2.75) is 19.8 Å². The first-order valence-corrected chi connectivity index (χ1v) is 8.88. The summed E-state index contributed by atoms with van der Waals surface area (Å²) < 4.78 is 28.0. The molecule has 0 unspecified atom stereocenters. The molecule has 0 radical (unpaired) electrons. The Kier molecular flexibility index (Phi) is 4.86. The van der Waals surface area contributed by atoms with Crippen molar-refractivity contribution in [1.82, 2.24) is 5.32 Å². The van der Waals surface area contributed by atoms with E-state index in [0.717, 1.165) is 36.0 Å². The number of benzene rings is 1. The molecule has 0 spiro atoms. The number of sulfonamides is 1. The van der Waals surface area contributed by atoms with E-state index in [1.165, 1.54) is 0 Å². The normalized spacial score (nSPS) is 17.4. The molecule has 1 aromatic carbocycles. The average molecular weight is 347 g/mol. The van der Waals surface area contributed by atoms with Gasteiger partial charge in [-0.15, -0.1) is 0 Å². The van der Waals surface area contributed by atoms with E-state index in [-0.39, 0.29) is 11.7 Å². The third-order valence-corrected chi connectivity index (χ3v) is 5.30. The lowest BCUT2D eigenvalue weighted by molar-refractivity contribution is 0.402. The molecule has 106 valence electrons. The van der Waals surface area contributed by atoms with Crippen molar-refractivity contribution < 1.29 is 8.42 Å². The first-order chi connectivity index (χ1) is 8.96. The summed E-state index contributed by atoms with van der Waals surface area (Å²) >= 11 is 3.37. The van der Waals surface area contributed by atoms with Crippen LogP contribution in [0.3, 0.4) is 0 Å². The zero-order chi connectivity index (χ0) is 13.9. The van der Waals surface area contributed by atoms with Crippen LogP contribution in [0.25, 0.3) is 0 Å². The van der Waals surface area contributed by atoms with Gasteiger partial charge in [0.05, 0.1) is 11.4 Å². The topological polar surface area (TPSA) is 58.2 Å². The summed E-state index contributed by atoms with van der Waals surface area (Å²) in [6.45, 7) is 3.72. The monoisotopic (exact) mass is 346 g/mol. The Morgan fingerprint density at radius 2 is 2.05 bits per heavy atom. The van der Waals surface area contributed by atoms with Gasteiger partial charge in [-0.25, -0.2) is 8.42 Å². The van der Waals surface area contributed by atoms with E-state index < -0.39 is 10.0 Å². The molecule has 0 atom stereocenters. The number of halogens is 1. The molecule has 1 heterocycles. The van der Waals surface area contributed by atoms with Gasteiger partial charge in [0, 0.05) is 4.47 Å². The molecule has 0 bridgehead atoms. The molecular weight excluding hydrogens is 328 g/mol. The summed E-state index contributed by atoms with van der Waals surface area (Å²) in [6.07, 6.45) is 1.86. The summed E-state index contributed by atoms with van der Waals surface area (Å²) in [4.78, 5) is 0. The smallest absolute Gasteiger partial charge is 0.233 e. The minimum Gasteiger partial charge on any atom is -0.317 e. The Hall–Kier alpha value is -0.590. The highest BCUT2D eigenvalue weighted by Gasteiger charge is 2.21. The number of piperidine rings is 1. The average Bonchev–Trinajstić information content (AvgIpc) is 2.33. The van der Waals surface area contributed by atoms with E-state index in [9.17, 15) is 8.42 Å². The summed E-state index contributed by atoms with van der Waals surface area (Å²) in [5.74, 6) is 0.471. The number of hydrogen-bond donors (Lipinski definition) is 2. The van der Waals surface area contributed by atoms with Gasteiger partial charge >= 0.3 is 0 Å². The third kappa shape index (κ3) is 4.47. The Morgan fingerprint density at radius 1 is 1.37 bits per heavy atom. The fourth-order valence-electron chi connectivity index (χ4n) is 2.31. The van der Waals surface area contributed by atoms with Crippen LogP contribution >= 0.6 is 15.9 Å². The third-order valence-electron chi connectivity index (χ3n) is 3.37. The molecule has 0 aliphatic carbocycles. The van der Waals surface area contributed by atoms with E-state index in [1.54, 1.807) is 6.07 Å². The summed E-state index contributed by atoms with van der Waals surface area (Å²) in [6, 6.07) is 5.54. The van der Waals surface area contributed by atoms with Crippen LogP contribution in [0, 0.1) is 12.8 Å². The van der Waals surface area contributed by atoms with Crippen molar-refractivity contribution in [3.63, 3.8) is 0 Å². The second-order valence-electron chi connectivity index (χ2n) is 5.04. The van der Waals surface area contributed by atoms with Crippen LogP contribution in [0.2, 0.25) is 0 Å². The molecule has 0 amide bonds. The SMILES string of the molecule is Cc1cc(Br)ccc1NS(=O)(=O)CC1CCNCC1. The number of rotatable bonds is 4. The van der Waals surface area contributed by atoms with Crippen molar-refractivity contribution in [2.24, 2.45) is 5.92 Å². The van der Waals surface area contributed by atoms with E-state index >= 15 is 0 Å². The van der Waals surface area contributed by atoms with Gasteiger partial charge in [0.2, 0.25) is 10.0 Å². The summed E-state index contributed by atoms with van der Waals surface area (Å²) in [5.41, 5.74) is 1.58. The van der Waals surface area contributed by atoms with E-state index in [1.807, 2.05) is 19.1 Å². The van der Waals surface area contributed by atoms with Crippen LogP contribution < -0.4 is 10.0 Å². The quantitative estimate of drug-likeness (QED) is 0.880. The number of aryl methyl sites for hydroxylation is 1. The predicted octanol–water partition coefficient (Wildman–Crippen LogP) is 2.50. The largest absolute Gasteiger partial charge is 0.317 e. The Balaban J connectivity index is 2.03. The maximum Gasteiger partial charge on any atom is 0.233 e. The lowest BCUT2D eigenvalue weighted by atomic mass is 10.0. The molecule has 2 N–H and O–H groups in total. The zero-order valence-electron chi connectivity index (χ0n) is 10.9. The number of hydrogen-bond acceptors (Lipinski definition) is 3. The van der Waals surface area contributed by atoms with Crippen molar-refractivity contribution >= 4 is 31.6 Å². The molecule has 6 heteroatoms. The van der Waals surface area contributed by atoms with Gasteiger partial charge in [0.25, 0.3) is 0 Å². The van der Waals surface area contributed by atoms with Gasteiger partial charge in [0.1, 0.15) is 0 Å². The van der Waals surface area contributed by atoms with Gasteiger partial charge in [-0.3, -0.25) is 4.72 Å². The van der Waals surface area contributed by atoms with Crippen LogP contribution in [0.5, 0.6) is 0 Å². The van der Waals surface area contributed by atoms with Gasteiger partial charge in [-0.2, -0.15) is 0 Å². The molecule has 4 nitrogen and oxygen atoms in total. The molecule has 19 heavy (non-hydrogen) atoms. The van der Waals surface area contributed by atoms with Crippen LogP contribution in [0.4, 0.5) is 5.69 Å². The van der Waals surface area contributed by atoms with Gasteiger partial charge in [-0.05, 0) is 62.5 Å². The molecule has 0 aromatic heterocycles. The van der Waals surface area contributed by atoms with Crippen LogP contribution in [-0.4, -0.2) is 27.3 Å². The summed E-state index contributed by atoms with van der Waals surface area (Å²) in [5, 5.41) is 3.25. The highest BCUT2D eigenvalue weighted by molar-refractivity contribution is 9.10. The fraction of sp³-hybridized carbons (Fsp3) is 0.538. The van der Waals surface area contributed by atoms with Crippen molar-refractivity contribution in [3.8, 4) is 0 Å². The second kappa shape index (κ2) is 6.24. The van der Waals surface area contributed by atoms with Crippen LogP contribution in [-0.2, 0) is 10.0 Å². The number of anilines is 1. The zero-order valence-corrected chi connectivity index (χ0v) is 13.4. The molecule has 2 rings (SSSR count). The minimum absolute atomic E-state index is 0.212. The van der Waals surface area contributed by atoms with Crippen molar-refractivity contribution in [3.05, 3.63) is 28.2 Å². The predicted molar refractivity (Wildman–Crippen MR) is 81.9 cm³/mol. The molecular formula is C13H19BrN2O2S. The lowest BCUT2D eigenvalue weighted by Gasteiger charge is -2.22. The maximum atomic E-state index is 12.2. The highest BCUT2D eigenvalue weighted by Crippen LogP contribution is 2.22. The molecule has 1 saturated heterocycles. The highest BCUT2D eigenvalue weighted by atomic mass is 79.9. The maximum absolute atomic E-state index is 12.2. The molecule has 1 aliphatic heterocycles. The number of nitrogens with one attached hydrogen (secondary N) is 2. The van der Waals surface area contributed by atoms with Crippen molar-refractivity contribution in [1.29, 1.82) is 0 Å². The molecule has 1 fully saturated rings. The standard InChI is InChI=1S/C13H19BrN2O2S/c1-10-8-12(14)2-3-13(10)16-19(17,18)9-11-4-6-15-7-5-11/h2-3,8,11,15-16H,4-7,9H2,1H3. The fourth-order valence-corrected chi connectivity index (χ4v) is 4.39. The molecule has 0 saturated carbocycles. The van der Waals surface area contributed by atoms with Crippen molar-refractivity contribution in [2.75, 3.05) is 23.6 Å². The van der Waals surface area contributed by atoms with E-state index in [2.05, 4.69) is 26.0 Å². The molecule has 1 aromatic rings. The second-order valence-corrected chi connectivity index (χ2v) is 7.72. The molecule has 1 aliphatic rings. The minimum atomic E-state index is -3.26. The van der Waals surface area contributed by atoms with Gasteiger partial charge in [-0.1, -0.05) is 15.9 Å². The van der Waals surface area contributed by atoms with Gasteiger partial charge in [0.15, 0.2) is 0 Å². The first kappa shape index (κ1) is 14.8. The van der Waals surface area contributed by atoms with Crippen LogP contribution in [0.1, 0.15) is 18.4 Å². The van der Waals surface area contributed by atoms with Crippen LogP contribution in [0.15, 0.2) is 22.7 Å². The Morgan fingerprint density at radius 3 is 2.68 bits per heavy atom. The van der Waals surface area contributed by atoms with Gasteiger partial charge < -0.3 is 5.32 Å². The summed E-state index contributed by atoms with van der Waals surface area (Å²) in [7, 11) is -3.26. The lowest BCUT2D eigenvalue weighted by Crippen LogP contribution is -2.33. The Bertz CT molecular complexity index is 540. The van der Waals surface area contributed by atoms with E-state index in [0.29, 0.717) is 5.69 Å². The first-order valence-electron chi connectivity index (χ1n) is 6.44. The Labute approximate surface area is 123 Å². The van der Waals surface area contributed by atoms with E-state index in [4.69, 9.17) is 0 Å².